The van der Waals surface area contributed by atoms with E-state index in [4.69, 9.17) is 16.3 Å². The van der Waals surface area contributed by atoms with Crippen LogP contribution in [0.5, 0.6) is 0 Å². The lowest BCUT2D eigenvalue weighted by atomic mass is 10.2. The number of amides is 1. The molecule has 0 spiro atoms. The van der Waals surface area contributed by atoms with E-state index in [2.05, 4.69) is 10.0 Å². The highest BCUT2D eigenvalue weighted by molar-refractivity contribution is 7.92. The fraction of sp³-hybridized carbons (Fsp3) is 0.278. The second kappa shape index (κ2) is 8.07. The van der Waals surface area contributed by atoms with Gasteiger partial charge in [-0.2, -0.15) is 0 Å². The largest absolute Gasteiger partial charge is 0.376 e. The minimum Gasteiger partial charge on any atom is -0.376 e. The van der Waals surface area contributed by atoms with E-state index in [1.54, 1.807) is 18.2 Å². The van der Waals surface area contributed by atoms with Crippen molar-refractivity contribution in [2.75, 3.05) is 17.9 Å². The van der Waals surface area contributed by atoms with Crippen molar-refractivity contribution < 1.29 is 17.9 Å². The summed E-state index contributed by atoms with van der Waals surface area (Å²) in [6, 6.07) is 12.2. The van der Waals surface area contributed by atoms with Crippen LogP contribution >= 0.6 is 11.6 Å². The second-order valence-corrected chi connectivity index (χ2v) is 8.10. The number of ether oxygens (including phenoxy) is 1. The molecule has 3 rings (SSSR count). The zero-order valence-electron chi connectivity index (χ0n) is 13.9. The zero-order chi connectivity index (χ0) is 18.6. The van der Waals surface area contributed by atoms with E-state index in [1.165, 1.54) is 30.3 Å². The van der Waals surface area contributed by atoms with Gasteiger partial charge in [0.15, 0.2) is 0 Å². The summed E-state index contributed by atoms with van der Waals surface area (Å²) in [5, 5.41) is 3.27. The van der Waals surface area contributed by atoms with E-state index >= 15 is 0 Å². The Bertz CT molecular complexity index is 878. The number of carbonyl (C=O) groups is 1. The third-order valence-corrected chi connectivity index (χ3v) is 5.66. The molecule has 1 amide bonds. The third kappa shape index (κ3) is 4.75. The molecular weight excluding hydrogens is 376 g/mol. The van der Waals surface area contributed by atoms with Gasteiger partial charge in [-0.25, -0.2) is 8.42 Å². The van der Waals surface area contributed by atoms with Crippen molar-refractivity contribution in [3.05, 3.63) is 59.1 Å². The van der Waals surface area contributed by atoms with Gasteiger partial charge in [-0.3, -0.25) is 9.52 Å². The van der Waals surface area contributed by atoms with Crippen LogP contribution in [0.2, 0.25) is 5.02 Å². The summed E-state index contributed by atoms with van der Waals surface area (Å²) in [5.41, 5.74) is 0.684. The number of hydrogen-bond donors (Lipinski definition) is 2. The van der Waals surface area contributed by atoms with Gasteiger partial charge < -0.3 is 10.1 Å². The molecule has 0 aromatic heterocycles. The summed E-state index contributed by atoms with van der Waals surface area (Å²) in [7, 11) is -3.76. The first-order valence-corrected chi connectivity index (χ1v) is 10.1. The summed E-state index contributed by atoms with van der Waals surface area (Å²) in [4.78, 5) is 12.4. The van der Waals surface area contributed by atoms with E-state index in [0.29, 0.717) is 22.8 Å². The van der Waals surface area contributed by atoms with Crippen molar-refractivity contribution in [3.8, 4) is 0 Å². The van der Waals surface area contributed by atoms with Crippen LogP contribution in [0.15, 0.2) is 53.4 Å². The van der Waals surface area contributed by atoms with Crippen LogP contribution in [0.25, 0.3) is 0 Å². The number of anilines is 1. The molecule has 1 saturated heterocycles. The first-order chi connectivity index (χ1) is 12.4. The first kappa shape index (κ1) is 18.7. The Hall–Kier alpha value is -2.09. The van der Waals surface area contributed by atoms with Gasteiger partial charge >= 0.3 is 0 Å². The van der Waals surface area contributed by atoms with Crippen molar-refractivity contribution >= 4 is 33.2 Å². The number of sulfonamides is 1. The second-order valence-electron chi connectivity index (χ2n) is 5.99. The van der Waals surface area contributed by atoms with Gasteiger partial charge in [0.05, 0.1) is 11.0 Å². The predicted octanol–water partition coefficient (Wildman–Crippen LogP) is 3.05. The van der Waals surface area contributed by atoms with Gasteiger partial charge in [0, 0.05) is 29.4 Å². The van der Waals surface area contributed by atoms with Gasteiger partial charge in [-0.05, 0) is 55.3 Å². The van der Waals surface area contributed by atoms with Crippen molar-refractivity contribution in [1.29, 1.82) is 0 Å². The number of carbonyl (C=O) groups excluding carboxylic acids is 1. The van der Waals surface area contributed by atoms with E-state index < -0.39 is 10.0 Å². The molecule has 138 valence electrons. The molecule has 0 radical (unpaired) electrons. The van der Waals surface area contributed by atoms with Gasteiger partial charge in [0.1, 0.15) is 0 Å². The van der Waals surface area contributed by atoms with Gasteiger partial charge in [0.2, 0.25) is 0 Å². The molecular formula is C18H19ClN2O4S. The SMILES string of the molecule is O=C(NC[C@@H]1CCCO1)c1cccc(NS(=O)(=O)c2ccc(Cl)cc2)c1. The molecule has 26 heavy (non-hydrogen) atoms. The topological polar surface area (TPSA) is 84.5 Å². The highest BCUT2D eigenvalue weighted by atomic mass is 35.5. The van der Waals surface area contributed by atoms with Crippen LogP contribution in [0.1, 0.15) is 23.2 Å². The van der Waals surface area contributed by atoms with Crippen LogP contribution in [0.4, 0.5) is 5.69 Å². The monoisotopic (exact) mass is 394 g/mol. The van der Waals surface area contributed by atoms with E-state index in [1.807, 2.05) is 0 Å². The number of nitrogens with one attached hydrogen (secondary N) is 2. The molecule has 2 aromatic carbocycles. The molecule has 0 unspecified atom stereocenters. The summed E-state index contributed by atoms with van der Waals surface area (Å²) < 4.78 is 32.8. The quantitative estimate of drug-likeness (QED) is 0.788. The smallest absolute Gasteiger partial charge is 0.261 e. The van der Waals surface area contributed by atoms with Crippen LogP contribution in [0.3, 0.4) is 0 Å². The lowest BCUT2D eigenvalue weighted by Gasteiger charge is -2.12. The number of halogens is 1. The highest BCUT2D eigenvalue weighted by Gasteiger charge is 2.18. The van der Waals surface area contributed by atoms with Crippen molar-refractivity contribution in [1.82, 2.24) is 5.32 Å². The van der Waals surface area contributed by atoms with Crippen molar-refractivity contribution in [2.24, 2.45) is 0 Å². The molecule has 0 aliphatic carbocycles. The Labute approximate surface area is 157 Å². The number of benzene rings is 2. The molecule has 1 atom stereocenters. The van der Waals surface area contributed by atoms with Gasteiger partial charge in [0.25, 0.3) is 15.9 Å². The Balaban J connectivity index is 1.68. The average molecular weight is 395 g/mol. The zero-order valence-corrected chi connectivity index (χ0v) is 15.5. The van der Waals surface area contributed by atoms with Gasteiger partial charge in [-0.1, -0.05) is 17.7 Å². The molecule has 2 N–H and O–H groups in total. The fourth-order valence-corrected chi connectivity index (χ4v) is 3.84. The van der Waals surface area contributed by atoms with Crippen LogP contribution in [0, 0.1) is 0 Å². The molecule has 6 nitrogen and oxygen atoms in total. The van der Waals surface area contributed by atoms with E-state index in [9.17, 15) is 13.2 Å². The molecule has 1 heterocycles. The normalized spacial score (nSPS) is 17.0. The Morgan fingerprint density at radius 3 is 2.65 bits per heavy atom. The summed E-state index contributed by atoms with van der Waals surface area (Å²) >= 11 is 5.79. The van der Waals surface area contributed by atoms with Crippen molar-refractivity contribution in [2.45, 2.75) is 23.8 Å². The average Bonchev–Trinajstić information content (AvgIpc) is 3.13. The number of hydrogen-bond acceptors (Lipinski definition) is 4. The molecule has 2 aromatic rings. The van der Waals surface area contributed by atoms with Crippen LogP contribution < -0.4 is 10.0 Å². The predicted molar refractivity (Wildman–Crippen MR) is 100 cm³/mol. The fourth-order valence-electron chi connectivity index (χ4n) is 2.67. The maximum Gasteiger partial charge on any atom is 0.261 e. The maximum atomic E-state index is 12.4. The summed E-state index contributed by atoms with van der Waals surface area (Å²) in [6.07, 6.45) is 1.98. The minimum atomic E-state index is -3.76. The Morgan fingerprint density at radius 1 is 1.19 bits per heavy atom. The lowest BCUT2D eigenvalue weighted by molar-refractivity contribution is 0.0858. The Morgan fingerprint density at radius 2 is 1.96 bits per heavy atom. The molecule has 0 saturated carbocycles. The molecule has 1 aliphatic heterocycles. The summed E-state index contributed by atoms with van der Waals surface area (Å²) in [5.74, 6) is -0.270. The molecule has 0 bridgehead atoms. The minimum absolute atomic E-state index is 0.0468. The Kier molecular flexibility index (Phi) is 5.80. The maximum absolute atomic E-state index is 12.4. The molecule has 1 fully saturated rings. The van der Waals surface area contributed by atoms with Gasteiger partial charge in [-0.15, -0.1) is 0 Å². The lowest BCUT2D eigenvalue weighted by Crippen LogP contribution is -2.31. The standard InChI is InChI=1S/C18H19ClN2O4S/c19-14-6-8-17(9-7-14)26(23,24)21-15-4-1-3-13(11-15)18(22)20-12-16-5-2-10-25-16/h1,3-4,6-9,11,16,21H,2,5,10,12H2,(H,20,22)/t16-/m0/s1. The molecule has 8 heteroatoms. The summed E-state index contributed by atoms with van der Waals surface area (Å²) in [6.45, 7) is 1.17. The third-order valence-electron chi connectivity index (χ3n) is 4.02. The molecule has 1 aliphatic rings. The number of rotatable bonds is 6. The van der Waals surface area contributed by atoms with E-state index in [0.717, 1.165) is 19.4 Å². The van der Waals surface area contributed by atoms with E-state index in [-0.39, 0.29) is 16.9 Å². The first-order valence-electron chi connectivity index (χ1n) is 8.22. The van der Waals surface area contributed by atoms with Crippen LogP contribution in [-0.2, 0) is 14.8 Å². The van der Waals surface area contributed by atoms with Crippen molar-refractivity contribution in [3.63, 3.8) is 0 Å². The highest BCUT2D eigenvalue weighted by Crippen LogP contribution is 2.19. The van der Waals surface area contributed by atoms with Crippen LogP contribution in [-0.4, -0.2) is 33.6 Å².